The predicted molar refractivity (Wildman–Crippen MR) is 147 cm³/mol. The second-order valence-corrected chi connectivity index (χ2v) is 12.0. The first-order valence-corrected chi connectivity index (χ1v) is 13.2. The van der Waals surface area contributed by atoms with Crippen LogP contribution >= 0.6 is 23.2 Å². The molecule has 2 aromatic carbocycles. The Kier molecular flexibility index (Phi) is 8.26. The van der Waals surface area contributed by atoms with E-state index in [1.54, 1.807) is 12.1 Å². The first-order valence-electron chi connectivity index (χ1n) is 12.4. The summed E-state index contributed by atoms with van der Waals surface area (Å²) in [6.45, 7) is 5.88. The molecule has 0 aliphatic carbocycles. The summed E-state index contributed by atoms with van der Waals surface area (Å²) in [5, 5.41) is 22.0. The van der Waals surface area contributed by atoms with Gasteiger partial charge in [-0.15, -0.1) is 0 Å². The summed E-state index contributed by atoms with van der Waals surface area (Å²) >= 11 is 12.2. The van der Waals surface area contributed by atoms with Crippen molar-refractivity contribution in [1.82, 2.24) is 15.1 Å². The maximum atomic E-state index is 15.6. The van der Waals surface area contributed by atoms with Crippen LogP contribution in [-0.2, 0) is 16.9 Å². The van der Waals surface area contributed by atoms with Crippen molar-refractivity contribution in [2.45, 2.75) is 63.5 Å². The van der Waals surface area contributed by atoms with Gasteiger partial charge in [0, 0.05) is 34.8 Å². The number of aliphatic hydroxyl groups excluding tert-OH is 1. The molecule has 1 aliphatic heterocycles. The molecule has 8 nitrogen and oxygen atoms in total. The Morgan fingerprint density at radius 2 is 1.97 bits per heavy atom. The average molecular weight is 581 g/mol. The maximum Gasteiger partial charge on any atom is 0.239 e. The van der Waals surface area contributed by atoms with E-state index in [1.165, 1.54) is 41.2 Å². The number of amides is 1. The zero-order valence-corrected chi connectivity index (χ0v) is 23.3. The minimum absolute atomic E-state index is 0.119. The number of halogens is 4. The SMILES string of the molecule is CC(C)(C)C[C@@H]1N[C@@H](C(O)Nc2ccn(CC(N)=O)n2)[C@H](c2cccc(Cl)c2F)[C@@]1(N)c1ccc(Cl)cc1F. The van der Waals surface area contributed by atoms with Gasteiger partial charge in [0.15, 0.2) is 0 Å². The second kappa shape index (κ2) is 11.0. The number of primary amides is 1. The molecule has 0 saturated carbocycles. The maximum absolute atomic E-state index is 15.6. The molecule has 5 atom stereocenters. The van der Waals surface area contributed by atoms with Crippen LogP contribution in [0.4, 0.5) is 14.6 Å². The molecular formula is C27H32Cl2F2N6O2. The summed E-state index contributed by atoms with van der Waals surface area (Å²) in [5.74, 6) is -2.69. The van der Waals surface area contributed by atoms with Crippen molar-refractivity contribution < 1.29 is 18.7 Å². The summed E-state index contributed by atoms with van der Waals surface area (Å²) in [5.41, 5.74) is 10.9. The van der Waals surface area contributed by atoms with Crippen molar-refractivity contribution in [2.75, 3.05) is 5.32 Å². The fourth-order valence-corrected chi connectivity index (χ4v) is 5.77. The van der Waals surface area contributed by atoms with Gasteiger partial charge in [-0.25, -0.2) is 8.78 Å². The highest BCUT2D eigenvalue weighted by atomic mass is 35.5. The Morgan fingerprint density at radius 3 is 2.62 bits per heavy atom. The third-order valence-electron chi connectivity index (χ3n) is 6.97. The van der Waals surface area contributed by atoms with Gasteiger partial charge in [-0.3, -0.25) is 9.48 Å². The highest BCUT2D eigenvalue weighted by Crippen LogP contribution is 2.50. The zero-order valence-electron chi connectivity index (χ0n) is 21.8. The van der Waals surface area contributed by atoms with Gasteiger partial charge in [-0.2, -0.15) is 5.10 Å². The van der Waals surface area contributed by atoms with Crippen LogP contribution in [0.15, 0.2) is 48.7 Å². The van der Waals surface area contributed by atoms with Crippen molar-refractivity contribution in [3.8, 4) is 0 Å². The Morgan fingerprint density at radius 1 is 1.26 bits per heavy atom. The molecule has 2 heterocycles. The Balaban J connectivity index is 1.85. The van der Waals surface area contributed by atoms with Gasteiger partial charge in [-0.05, 0) is 35.6 Å². The minimum atomic E-state index is -1.54. The van der Waals surface area contributed by atoms with Crippen LogP contribution in [0.3, 0.4) is 0 Å². The average Bonchev–Trinajstić information content (AvgIpc) is 3.36. The predicted octanol–water partition coefficient (Wildman–Crippen LogP) is 4.10. The topological polar surface area (TPSA) is 131 Å². The number of nitrogens with one attached hydrogen (secondary N) is 2. The number of benzene rings is 2. The number of nitrogens with two attached hydrogens (primary N) is 2. The Labute approximate surface area is 235 Å². The van der Waals surface area contributed by atoms with Gasteiger partial charge in [-0.1, -0.05) is 62.2 Å². The van der Waals surface area contributed by atoms with Crippen LogP contribution < -0.4 is 22.1 Å². The molecule has 0 bridgehead atoms. The molecule has 1 amide bonds. The van der Waals surface area contributed by atoms with Crippen molar-refractivity contribution in [3.05, 3.63) is 81.5 Å². The van der Waals surface area contributed by atoms with Crippen molar-refractivity contribution in [3.63, 3.8) is 0 Å². The molecule has 1 unspecified atom stereocenters. The molecule has 1 fully saturated rings. The van der Waals surface area contributed by atoms with Crippen LogP contribution in [0.5, 0.6) is 0 Å². The molecule has 1 aromatic heterocycles. The summed E-state index contributed by atoms with van der Waals surface area (Å²) < 4.78 is 32.5. The molecule has 39 heavy (non-hydrogen) atoms. The molecule has 7 N–H and O–H groups in total. The van der Waals surface area contributed by atoms with E-state index in [9.17, 15) is 9.90 Å². The zero-order chi connectivity index (χ0) is 28.7. The first-order chi connectivity index (χ1) is 18.2. The van der Waals surface area contributed by atoms with Crippen LogP contribution in [0, 0.1) is 17.0 Å². The van der Waals surface area contributed by atoms with Crippen molar-refractivity contribution >= 4 is 34.9 Å². The Hall–Kier alpha value is -2.76. The fourth-order valence-electron chi connectivity index (χ4n) is 5.43. The van der Waals surface area contributed by atoms with Gasteiger partial charge >= 0.3 is 0 Å². The number of nitrogens with zero attached hydrogens (tertiary/aromatic N) is 2. The van der Waals surface area contributed by atoms with E-state index in [0.29, 0.717) is 6.42 Å². The lowest BCUT2D eigenvalue weighted by Crippen LogP contribution is -2.52. The quantitative estimate of drug-likeness (QED) is 0.255. The van der Waals surface area contributed by atoms with Crippen LogP contribution in [0.2, 0.25) is 10.0 Å². The smallest absolute Gasteiger partial charge is 0.239 e. The first kappa shape index (κ1) is 29.2. The van der Waals surface area contributed by atoms with E-state index in [0.717, 1.165) is 0 Å². The molecule has 1 saturated heterocycles. The standard InChI is InChI=1S/C27H32Cl2F2N6O2/c1-26(2,3)12-19-27(33,16-8-7-14(28)11-18(16)30)22(15-5-4-6-17(29)23(15)31)24(34-19)25(39)35-21-9-10-37(36-21)13-20(32)38/h4-11,19,22,24-25,34,39H,12-13,33H2,1-3H3,(H2,32,38)(H,35,36)/t19-,22-,24+,25?,27+/m0/s1. The van der Waals surface area contributed by atoms with Crippen molar-refractivity contribution in [2.24, 2.45) is 16.9 Å². The molecule has 12 heteroatoms. The van der Waals surface area contributed by atoms with Gasteiger partial charge in [0.05, 0.1) is 16.6 Å². The van der Waals surface area contributed by atoms with Crippen molar-refractivity contribution in [1.29, 1.82) is 0 Å². The molecule has 0 radical (unpaired) electrons. The minimum Gasteiger partial charge on any atom is -0.372 e. The molecule has 4 rings (SSSR count). The number of anilines is 1. The highest BCUT2D eigenvalue weighted by molar-refractivity contribution is 6.31. The van der Waals surface area contributed by atoms with Gasteiger partial charge in [0.1, 0.15) is 30.2 Å². The summed E-state index contributed by atoms with van der Waals surface area (Å²) in [4.78, 5) is 11.3. The van der Waals surface area contributed by atoms with E-state index in [4.69, 9.17) is 34.7 Å². The summed E-state index contributed by atoms with van der Waals surface area (Å²) in [6.07, 6.45) is 0.615. The van der Waals surface area contributed by atoms with Gasteiger partial charge < -0.3 is 27.2 Å². The molecule has 1 aliphatic rings. The summed E-state index contributed by atoms with van der Waals surface area (Å²) in [6, 6.07) is 8.74. The van der Waals surface area contributed by atoms with Crippen LogP contribution in [0.25, 0.3) is 0 Å². The number of hydrogen-bond acceptors (Lipinski definition) is 6. The number of carbonyl (C=O) groups excluding carboxylic acids is 1. The lowest BCUT2D eigenvalue weighted by atomic mass is 9.68. The monoisotopic (exact) mass is 580 g/mol. The van der Waals surface area contributed by atoms with E-state index in [-0.39, 0.29) is 38.9 Å². The normalized spacial score (nSPS) is 24.1. The molecule has 210 valence electrons. The lowest BCUT2D eigenvalue weighted by Gasteiger charge is -2.40. The largest absolute Gasteiger partial charge is 0.372 e. The van der Waals surface area contributed by atoms with E-state index >= 15 is 8.78 Å². The molecular weight excluding hydrogens is 549 g/mol. The van der Waals surface area contributed by atoms with Crippen LogP contribution in [0.1, 0.15) is 44.2 Å². The van der Waals surface area contributed by atoms with E-state index < -0.39 is 47.3 Å². The number of aromatic nitrogens is 2. The molecule has 0 spiro atoms. The second-order valence-electron chi connectivity index (χ2n) is 11.1. The van der Waals surface area contributed by atoms with Gasteiger partial charge in [0.25, 0.3) is 0 Å². The number of rotatable bonds is 8. The van der Waals surface area contributed by atoms with E-state index in [2.05, 4.69) is 15.7 Å². The third-order valence-corrected chi connectivity index (χ3v) is 7.50. The summed E-state index contributed by atoms with van der Waals surface area (Å²) in [7, 11) is 0. The number of hydrogen-bond donors (Lipinski definition) is 5. The fraction of sp³-hybridized carbons (Fsp3) is 0.407. The Bertz CT molecular complexity index is 1360. The highest BCUT2D eigenvalue weighted by Gasteiger charge is 2.58. The van der Waals surface area contributed by atoms with Gasteiger partial charge in [0.2, 0.25) is 5.91 Å². The number of carbonyl (C=O) groups is 1. The lowest BCUT2D eigenvalue weighted by molar-refractivity contribution is -0.118. The van der Waals surface area contributed by atoms with E-state index in [1.807, 2.05) is 20.8 Å². The molecule has 3 aromatic rings. The number of aliphatic hydroxyl groups is 1. The van der Waals surface area contributed by atoms with Crippen LogP contribution in [-0.4, -0.2) is 39.1 Å². The third kappa shape index (κ3) is 6.05.